The first-order valence-corrected chi connectivity index (χ1v) is 9.23. The maximum atomic E-state index is 12.4. The molecule has 1 aliphatic heterocycles. The molecule has 1 saturated heterocycles. The zero-order chi connectivity index (χ0) is 18.0. The quantitative estimate of drug-likeness (QED) is 0.893. The largest absolute Gasteiger partial charge is 0.483 e. The molecule has 136 valence electrons. The summed E-state index contributed by atoms with van der Waals surface area (Å²) in [5, 5.41) is 3.11. The third-order valence-electron chi connectivity index (χ3n) is 5.36. The molecule has 1 saturated carbocycles. The topological polar surface area (TPSA) is 58.6 Å². The number of carbonyl (C=O) groups excluding carboxylic acids is 2. The molecular weight excluding hydrogens is 316 g/mol. The molecule has 1 aromatic carbocycles. The molecule has 0 bridgehead atoms. The van der Waals surface area contributed by atoms with Crippen molar-refractivity contribution in [3.63, 3.8) is 0 Å². The Morgan fingerprint density at radius 3 is 2.36 bits per heavy atom. The number of amides is 2. The van der Waals surface area contributed by atoms with E-state index in [1.165, 1.54) is 5.56 Å². The van der Waals surface area contributed by atoms with Crippen molar-refractivity contribution in [1.29, 1.82) is 0 Å². The fourth-order valence-electron chi connectivity index (χ4n) is 3.31. The lowest BCUT2D eigenvalue weighted by molar-refractivity contribution is -0.134. The third kappa shape index (κ3) is 4.33. The summed E-state index contributed by atoms with van der Waals surface area (Å²) in [5.74, 6) is 1.28. The summed E-state index contributed by atoms with van der Waals surface area (Å²) >= 11 is 0. The van der Waals surface area contributed by atoms with Crippen LogP contribution < -0.4 is 10.1 Å². The molecule has 25 heavy (non-hydrogen) atoms. The molecule has 0 spiro atoms. The Bertz CT molecular complexity index is 659. The van der Waals surface area contributed by atoms with Gasteiger partial charge in [0.1, 0.15) is 5.75 Å². The minimum atomic E-state index is 0.0206. The van der Waals surface area contributed by atoms with Gasteiger partial charge >= 0.3 is 0 Å². The Morgan fingerprint density at radius 2 is 1.72 bits per heavy atom. The first kappa shape index (κ1) is 17.8. The van der Waals surface area contributed by atoms with Gasteiger partial charge in [0.2, 0.25) is 5.91 Å². The van der Waals surface area contributed by atoms with Gasteiger partial charge in [-0.15, -0.1) is 0 Å². The fraction of sp³-hybridized carbons (Fsp3) is 0.600. The van der Waals surface area contributed by atoms with Crippen LogP contribution in [-0.2, 0) is 9.59 Å². The molecule has 0 atom stereocenters. The second-order valence-electron chi connectivity index (χ2n) is 7.38. The van der Waals surface area contributed by atoms with Crippen LogP contribution in [0.15, 0.2) is 12.1 Å². The SMILES string of the molecule is Cc1ccc(C)c(OCC(=O)N2CCC(NC(=O)C3CC3)CC2)c1C. The molecule has 2 fully saturated rings. The van der Waals surface area contributed by atoms with Gasteiger partial charge in [-0.25, -0.2) is 0 Å². The first-order chi connectivity index (χ1) is 12.0. The molecule has 2 amide bonds. The molecule has 5 nitrogen and oxygen atoms in total. The van der Waals surface area contributed by atoms with E-state index in [0.29, 0.717) is 13.1 Å². The average molecular weight is 344 g/mol. The summed E-state index contributed by atoms with van der Waals surface area (Å²) in [6, 6.07) is 4.30. The van der Waals surface area contributed by atoms with E-state index in [1.807, 2.05) is 31.7 Å². The van der Waals surface area contributed by atoms with Gasteiger partial charge in [0, 0.05) is 25.0 Å². The predicted octanol–water partition coefficient (Wildman–Crippen LogP) is 2.51. The summed E-state index contributed by atoms with van der Waals surface area (Å²) in [6.07, 6.45) is 3.70. The number of piperidine rings is 1. The van der Waals surface area contributed by atoms with Crippen molar-refractivity contribution < 1.29 is 14.3 Å². The number of aryl methyl sites for hydroxylation is 2. The Kier molecular flexibility index (Phi) is 5.30. The second kappa shape index (κ2) is 7.46. The van der Waals surface area contributed by atoms with Crippen molar-refractivity contribution in [3.05, 3.63) is 28.8 Å². The van der Waals surface area contributed by atoms with Gasteiger partial charge in [0.05, 0.1) is 0 Å². The van der Waals surface area contributed by atoms with Crippen molar-refractivity contribution in [1.82, 2.24) is 10.2 Å². The summed E-state index contributed by atoms with van der Waals surface area (Å²) in [7, 11) is 0. The Morgan fingerprint density at radius 1 is 1.08 bits per heavy atom. The molecule has 0 aromatic heterocycles. The number of hydrogen-bond donors (Lipinski definition) is 1. The zero-order valence-corrected chi connectivity index (χ0v) is 15.4. The van der Waals surface area contributed by atoms with Gasteiger partial charge in [0.15, 0.2) is 6.61 Å². The normalized spacial score (nSPS) is 18.1. The lowest BCUT2D eigenvalue weighted by Crippen LogP contribution is -2.48. The van der Waals surface area contributed by atoms with E-state index < -0.39 is 0 Å². The number of carbonyl (C=O) groups is 2. The van der Waals surface area contributed by atoms with Crippen LogP contribution in [-0.4, -0.2) is 42.5 Å². The van der Waals surface area contributed by atoms with E-state index >= 15 is 0 Å². The van der Waals surface area contributed by atoms with Gasteiger partial charge in [-0.1, -0.05) is 12.1 Å². The van der Waals surface area contributed by atoms with Gasteiger partial charge in [0.25, 0.3) is 5.91 Å². The summed E-state index contributed by atoms with van der Waals surface area (Å²) in [5.41, 5.74) is 3.31. The van der Waals surface area contributed by atoms with Crippen molar-refractivity contribution >= 4 is 11.8 Å². The fourth-order valence-corrected chi connectivity index (χ4v) is 3.31. The molecule has 5 heteroatoms. The van der Waals surface area contributed by atoms with Crippen LogP contribution in [0.4, 0.5) is 0 Å². The zero-order valence-electron chi connectivity index (χ0n) is 15.4. The van der Waals surface area contributed by atoms with E-state index in [2.05, 4.69) is 11.4 Å². The third-order valence-corrected chi connectivity index (χ3v) is 5.36. The van der Waals surface area contributed by atoms with Gasteiger partial charge < -0.3 is 15.0 Å². The number of hydrogen-bond acceptors (Lipinski definition) is 3. The Labute approximate surface area is 149 Å². The Hall–Kier alpha value is -2.04. The smallest absolute Gasteiger partial charge is 0.260 e. The Balaban J connectivity index is 1.47. The highest BCUT2D eigenvalue weighted by Gasteiger charge is 2.32. The number of nitrogens with zero attached hydrogens (tertiary/aromatic N) is 1. The number of rotatable bonds is 5. The maximum Gasteiger partial charge on any atom is 0.260 e. The molecule has 1 N–H and O–H groups in total. The van der Waals surface area contributed by atoms with Crippen molar-refractivity contribution in [2.75, 3.05) is 19.7 Å². The van der Waals surface area contributed by atoms with Crippen LogP contribution in [0.1, 0.15) is 42.4 Å². The lowest BCUT2D eigenvalue weighted by Gasteiger charge is -2.32. The van der Waals surface area contributed by atoms with E-state index in [9.17, 15) is 9.59 Å². The minimum Gasteiger partial charge on any atom is -0.483 e. The second-order valence-corrected chi connectivity index (χ2v) is 7.38. The van der Waals surface area contributed by atoms with Crippen LogP contribution in [0.3, 0.4) is 0 Å². The number of benzene rings is 1. The highest BCUT2D eigenvalue weighted by Crippen LogP contribution is 2.29. The van der Waals surface area contributed by atoms with Crippen LogP contribution in [0.5, 0.6) is 5.75 Å². The van der Waals surface area contributed by atoms with Crippen LogP contribution in [0.25, 0.3) is 0 Å². The summed E-state index contributed by atoms with van der Waals surface area (Å²) < 4.78 is 5.83. The number of likely N-dealkylation sites (tertiary alicyclic amines) is 1. The summed E-state index contributed by atoms with van der Waals surface area (Å²) in [6.45, 7) is 7.51. The summed E-state index contributed by atoms with van der Waals surface area (Å²) in [4.78, 5) is 26.1. The first-order valence-electron chi connectivity index (χ1n) is 9.23. The van der Waals surface area contributed by atoms with E-state index in [4.69, 9.17) is 4.74 Å². The predicted molar refractivity (Wildman–Crippen MR) is 96.6 cm³/mol. The van der Waals surface area contributed by atoms with Crippen molar-refractivity contribution in [2.45, 2.75) is 52.5 Å². The standard InChI is InChI=1S/C20H28N2O3/c1-13-4-5-14(2)19(15(13)3)25-12-18(23)22-10-8-17(9-11-22)21-20(24)16-6-7-16/h4-5,16-17H,6-12H2,1-3H3,(H,21,24). The maximum absolute atomic E-state index is 12.4. The molecule has 3 rings (SSSR count). The molecule has 1 aromatic rings. The van der Waals surface area contributed by atoms with Crippen molar-refractivity contribution in [2.24, 2.45) is 5.92 Å². The number of nitrogens with one attached hydrogen (secondary N) is 1. The van der Waals surface area contributed by atoms with Gasteiger partial charge in [-0.05, 0) is 63.1 Å². The van der Waals surface area contributed by atoms with E-state index in [1.54, 1.807) is 0 Å². The molecular formula is C20H28N2O3. The molecule has 0 radical (unpaired) electrons. The lowest BCUT2D eigenvalue weighted by atomic mass is 10.0. The monoisotopic (exact) mass is 344 g/mol. The average Bonchev–Trinajstić information content (AvgIpc) is 3.44. The molecule has 0 unspecified atom stereocenters. The van der Waals surface area contributed by atoms with Crippen LogP contribution in [0.2, 0.25) is 0 Å². The van der Waals surface area contributed by atoms with Crippen molar-refractivity contribution in [3.8, 4) is 5.75 Å². The molecule has 2 aliphatic rings. The van der Waals surface area contributed by atoms with E-state index in [0.717, 1.165) is 42.6 Å². The minimum absolute atomic E-state index is 0.0206. The van der Waals surface area contributed by atoms with Crippen LogP contribution in [0, 0.1) is 26.7 Å². The van der Waals surface area contributed by atoms with Crippen LogP contribution >= 0.6 is 0 Å². The van der Waals surface area contributed by atoms with Gasteiger partial charge in [-0.3, -0.25) is 9.59 Å². The van der Waals surface area contributed by atoms with Gasteiger partial charge in [-0.2, -0.15) is 0 Å². The number of ether oxygens (including phenoxy) is 1. The highest BCUT2D eigenvalue weighted by molar-refractivity contribution is 5.81. The molecule has 1 heterocycles. The van der Waals surface area contributed by atoms with E-state index in [-0.39, 0.29) is 30.4 Å². The molecule has 1 aliphatic carbocycles. The highest BCUT2D eigenvalue weighted by atomic mass is 16.5.